The van der Waals surface area contributed by atoms with Crippen LogP contribution in [-0.4, -0.2) is 38.3 Å². The molecule has 0 spiro atoms. The van der Waals surface area contributed by atoms with Crippen molar-refractivity contribution in [3.63, 3.8) is 0 Å². The quantitative estimate of drug-likeness (QED) is 0.579. The molecular weight excluding hydrogens is 344 g/mol. The minimum absolute atomic E-state index is 0.0337. The van der Waals surface area contributed by atoms with Gasteiger partial charge in [0, 0.05) is 12.5 Å². The van der Waals surface area contributed by atoms with E-state index in [1.165, 1.54) is 6.08 Å². The number of hydrogen-bond acceptors (Lipinski definition) is 5. The summed E-state index contributed by atoms with van der Waals surface area (Å²) < 4.78 is 28.0. The zero-order valence-electron chi connectivity index (χ0n) is 14.0. The van der Waals surface area contributed by atoms with Crippen molar-refractivity contribution in [2.24, 2.45) is 5.92 Å². The Labute approximate surface area is 147 Å². The molecule has 25 heavy (non-hydrogen) atoms. The van der Waals surface area contributed by atoms with E-state index in [9.17, 15) is 18.0 Å². The molecule has 1 aliphatic heterocycles. The molecule has 0 aliphatic carbocycles. The van der Waals surface area contributed by atoms with Gasteiger partial charge in [0.05, 0.1) is 18.1 Å². The first kappa shape index (κ1) is 19.0. The molecule has 0 bridgehead atoms. The summed E-state index contributed by atoms with van der Waals surface area (Å²) in [6.07, 6.45) is 3.49. The summed E-state index contributed by atoms with van der Waals surface area (Å²) in [4.78, 5) is 23.4. The van der Waals surface area contributed by atoms with Gasteiger partial charge in [-0.2, -0.15) is 0 Å². The van der Waals surface area contributed by atoms with Crippen molar-refractivity contribution in [3.05, 3.63) is 35.9 Å². The van der Waals surface area contributed by atoms with Crippen LogP contribution in [0.1, 0.15) is 25.3 Å². The molecule has 1 fully saturated rings. The van der Waals surface area contributed by atoms with Gasteiger partial charge < -0.3 is 4.74 Å². The molecule has 0 aromatic heterocycles. The van der Waals surface area contributed by atoms with Gasteiger partial charge in [-0.25, -0.2) is 8.42 Å². The fourth-order valence-electron chi connectivity index (χ4n) is 2.53. The highest BCUT2D eigenvalue weighted by Gasteiger charge is 2.29. The van der Waals surface area contributed by atoms with Crippen LogP contribution < -0.4 is 15.6 Å². The lowest BCUT2D eigenvalue weighted by Gasteiger charge is -2.08. The molecule has 1 aliphatic rings. The fourth-order valence-corrected chi connectivity index (χ4v) is 4.39. The molecule has 1 saturated heterocycles. The molecule has 0 saturated carbocycles. The van der Waals surface area contributed by atoms with E-state index in [0.29, 0.717) is 13.0 Å². The molecule has 2 N–H and O–H groups in total. The van der Waals surface area contributed by atoms with Crippen molar-refractivity contribution in [1.82, 2.24) is 10.9 Å². The van der Waals surface area contributed by atoms with Gasteiger partial charge in [-0.1, -0.05) is 12.1 Å². The van der Waals surface area contributed by atoms with Crippen LogP contribution in [0, 0.1) is 5.92 Å². The van der Waals surface area contributed by atoms with E-state index in [4.69, 9.17) is 4.74 Å². The van der Waals surface area contributed by atoms with E-state index in [0.717, 1.165) is 11.3 Å². The summed E-state index contributed by atoms with van der Waals surface area (Å²) >= 11 is 0. The second-order valence-electron chi connectivity index (χ2n) is 5.85. The van der Waals surface area contributed by atoms with Crippen LogP contribution in [-0.2, 0) is 19.4 Å². The second-order valence-corrected chi connectivity index (χ2v) is 8.07. The van der Waals surface area contributed by atoms with Crippen LogP contribution in [0.3, 0.4) is 0 Å². The predicted molar refractivity (Wildman–Crippen MR) is 94.3 cm³/mol. The van der Waals surface area contributed by atoms with Crippen LogP contribution >= 0.6 is 0 Å². The molecular formula is C17H22N2O5S. The maximum atomic E-state index is 11.7. The summed E-state index contributed by atoms with van der Waals surface area (Å²) in [6, 6.07) is 7.23. The van der Waals surface area contributed by atoms with E-state index < -0.39 is 21.7 Å². The van der Waals surface area contributed by atoms with Crippen molar-refractivity contribution in [2.75, 3.05) is 18.1 Å². The smallest absolute Gasteiger partial charge is 0.262 e. The zero-order valence-corrected chi connectivity index (χ0v) is 14.8. The van der Waals surface area contributed by atoms with Crippen molar-refractivity contribution < 1.29 is 22.7 Å². The molecule has 1 heterocycles. The maximum absolute atomic E-state index is 11.7. The van der Waals surface area contributed by atoms with E-state index in [1.807, 2.05) is 19.1 Å². The van der Waals surface area contributed by atoms with Crippen molar-refractivity contribution >= 4 is 27.7 Å². The molecule has 2 rings (SSSR count). The summed E-state index contributed by atoms with van der Waals surface area (Å²) in [5.74, 6) is -0.133. The normalized spacial score (nSPS) is 18.8. The van der Waals surface area contributed by atoms with Gasteiger partial charge in [0.25, 0.3) is 5.91 Å². The van der Waals surface area contributed by atoms with Crippen LogP contribution in [0.2, 0.25) is 0 Å². The third-order valence-corrected chi connectivity index (χ3v) is 5.58. The van der Waals surface area contributed by atoms with Gasteiger partial charge >= 0.3 is 0 Å². The largest absolute Gasteiger partial charge is 0.494 e. The third kappa shape index (κ3) is 6.58. The van der Waals surface area contributed by atoms with Crippen molar-refractivity contribution in [3.8, 4) is 5.75 Å². The molecule has 136 valence electrons. The second kappa shape index (κ2) is 8.66. The van der Waals surface area contributed by atoms with Crippen molar-refractivity contribution in [1.29, 1.82) is 0 Å². The van der Waals surface area contributed by atoms with E-state index in [-0.39, 0.29) is 23.8 Å². The number of hydrazine groups is 1. The number of benzene rings is 1. The van der Waals surface area contributed by atoms with Crippen LogP contribution in [0.4, 0.5) is 0 Å². The maximum Gasteiger partial charge on any atom is 0.262 e. The molecule has 1 aromatic carbocycles. The summed E-state index contributed by atoms with van der Waals surface area (Å²) in [6.45, 7) is 2.49. The Morgan fingerprint density at radius 1 is 1.24 bits per heavy atom. The Morgan fingerprint density at radius 3 is 2.56 bits per heavy atom. The Morgan fingerprint density at radius 2 is 1.96 bits per heavy atom. The summed E-state index contributed by atoms with van der Waals surface area (Å²) in [5, 5.41) is 0. The monoisotopic (exact) mass is 366 g/mol. The minimum Gasteiger partial charge on any atom is -0.494 e. The van der Waals surface area contributed by atoms with E-state index in [1.54, 1.807) is 18.2 Å². The number of rotatable bonds is 6. The van der Waals surface area contributed by atoms with E-state index >= 15 is 0 Å². The highest BCUT2D eigenvalue weighted by molar-refractivity contribution is 7.91. The van der Waals surface area contributed by atoms with Gasteiger partial charge in [-0.05, 0) is 43.0 Å². The lowest BCUT2D eigenvalue weighted by molar-refractivity contribution is -0.127. The Hall–Kier alpha value is -2.35. The Balaban J connectivity index is 1.73. The lowest BCUT2D eigenvalue weighted by Crippen LogP contribution is -2.41. The van der Waals surface area contributed by atoms with Crippen LogP contribution in [0.5, 0.6) is 5.75 Å². The molecule has 1 atom stereocenters. The fraction of sp³-hybridized carbons (Fsp3) is 0.412. The lowest BCUT2D eigenvalue weighted by atomic mass is 10.1. The standard InChI is InChI=1S/C17H22N2O5S/c1-2-24-15-6-3-13(4-7-15)5-8-16(20)18-19-17(21)11-14-9-10-25(22,23)12-14/h3-8,14H,2,9-12H2,1H3,(H,18,20)(H,19,21)/b8-5+/t14-/m1/s1. The Bertz CT molecular complexity index is 741. The molecule has 0 unspecified atom stereocenters. The number of amides is 2. The van der Waals surface area contributed by atoms with Crippen LogP contribution in [0.25, 0.3) is 6.08 Å². The molecule has 1 aromatic rings. The average molecular weight is 366 g/mol. The van der Waals surface area contributed by atoms with Gasteiger partial charge in [0.2, 0.25) is 5.91 Å². The number of ether oxygens (including phenoxy) is 1. The first-order valence-corrected chi connectivity index (χ1v) is 9.90. The van der Waals surface area contributed by atoms with Crippen molar-refractivity contribution in [2.45, 2.75) is 19.8 Å². The predicted octanol–water partition coefficient (Wildman–Crippen LogP) is 1.07. The van der Waals surface area contributed by atoms with E-state index in [2.05, 4.69) is 10.9 Å². The van der Waals surface area contributed by atoms with Gasteiger partial charge in [0.1, 0.15) is 5.75 Å². The SMILES string of the molecule is CCOc1ccc(/C=C/C(=O)NNC(=O)C[C@H]2CCS(=O)(=O)C2)cc1. The highest BCUT2D eigenvalue weighted by Crippen LogP contribution is 2.21. The van der Waals surface area contributed by atoms with Crippen LogP contribution in [0.15, 0.2) is 30.3 Å². The minimum atomic E-state index is -3.01. The third-order valence-electron chi connectivity index (χ3n) is 3.74. The summed E-state index contributed by atoms with van der Waals surface area (Å²) in [5.41, 5.74) is 5.39. The molecule has 0 radical (unpaired) electrons. The average Bonchev–Trinajstić information content (AvgIpc) is 2.91. The highest BCUT2D eigenvalue weighted by atomic mass is 32.2. The topological polar surface area (TPSA) is 102 Å². The van der Waals surface area contributed by atoms with Gasteiger partial charge in [-0.3, -0.25) is 20.4 Å². The van der Waals surface area contributed by atoms with Gasteiger partial charge in [-0.15, -0.1) is 0 Å². The number of nitrogens with one attached hydrogen (secondary N) is 2. The number of hydrogen-bond donors (Lipinski definition) is 2. The molecule has 8 heteroatoms. The molecule has 7 nitrogen and oxygen atoms in total. The zero-order chi connectivity index (χ0) is 18.3. The number of carbonyl (C=O) groups excluding carboxylic acids is 2. The number of carbonyl (C=O) groups is 2. The molecule has 2 amide bonds. The number of sulfone groups is 1. The summed E-state index contributed by atoms with van der Waals surface area (Å²) in [7, 11) is -3.01. The first-order chi connectivity index (χ1) is 11.9. The van der Waals surface area contributed by atoms with Gasteiger partial charge in [0.15, 0.2) is 9.84 Å². The Kier molecular flexibility index (Phi) is 6.58. The first-order valence-electron chi connectivity index (χ1n) is 8.08.